The molecule has 0 aromatic heterocycles. The van der Waals surface area contributed by atoms with Gasteiger partial charge < -0.3 is 14.7 Å². The molecule has 100 valence electrons. The second-order valence-electron chi connectivity index (χ2n) is 4.41. The highest BCUT2D eigenvalue weighted by Crippen LogP contribution is 2.19. The number of hydrogen-bond donors (Lipinski definition) is 1. The third kappa shape index (κ3) is 5.75. The van der Waals surface area contributed by atoms with Gasteiger partial charge in [0, 0.05) is 32.6 Å². The first-order valence-electron chi connectivity index (χ1n) is 6.23. The van der Waals surface area contributed by atoms with E-state index in [1.54, 1.807) is 18.9 Å². The molecule has 1 aliphatic heterocycles. The summed E-state index contributed by atoms with van der Waals surface area (Å²) in [7, 11) is 1.67. The van der Waals surface area contributed by atoms with Crippen LogP contribution in [0, 0.1) is 5.92 Å². The van der Waals surface area contributed by atoms with Gasteiger partial charge in [-0.05, 0) is 25.2 Å². The molecule has 0 aromatic carbocycles. The van der Waals surface area contributed by atoms with E-state index in [0.29, 0.717) is 18.3 Å². The van der Waals surface area contributed by atoms with Crippen molar-refractivity contribution in [2.45, 2.75) is 19.3 Å². The summed E-state index contributed by atoms with van der Waals surface area (Å²) in [5.74, 6) is 2.14. The first-order chi connectivity index (χ1) is 8.27. The zero-order chi connectivity index (χ0) is 12.5. The highest BCUT2D eigenvalue weighted by atomic mass is 32.2. The van der Waals surface area contributed by atoms with Crippen LogP contribution in [-0.2, 0) is 9.53 Å². The van der Waals surface area contributed by atoms with Crippen LogP contribution in [0.3, 0.4) is 0 Å². The van der Waals surface area contributed by atoms with Crippen LogP contribution in [0.4, 0.5) is 0 Å². The van der Waals surface area contributed by atoms with Gasteiger partial charge in [0.2, 0.25) is 5.91 Å². The van der Waals surface area contributed by atoms with Gasteiger partial charge in [-0.15, -0.1) is 11.8 Å². The average molecular weight is 261 g/mol. The highest BCUT2D eigenvalue weighted by molar-refractivity contribution is 7.99. The number of likely N-dealkylation sites (tertiary alicyclic amines) is 1. The Hall–Kier alpha value is -0.260. The Morgan fingerprint density at radius 2 is 2.41 bits per heavy atom. The number of thioether (sulfide) groups is 1. The molecule has 5 heteroatoms. The standard InChI is InChI=1S/C12H23NO3S/c1-16-7-8-17-10-12(15)13-5-2-3-11(9-13)4-6-14/h11,14H,2-10H2,1H3. The molecule has 17 heavy (non-hydrogen) atoms. The molecule has 1 aliphatic rings. The minimum absolute atomic E-state index is 0.230. The van der Waals surface area contributed by atoms with Crippen molar-refractivity contribution in [2.24, 2.45) is 5.92 Å². The lowest BCUT2D eigenvalue weighted by Crippen LogP contribution is -2.41. The van der Waals surface area contributed by atoms with Crippen LogP contribution in [-0.4, -0.2) is 60.8 Å². The summed E-state index contributed by atoms with van der Waals surface area (Å²) in [6.45, 7) is 2.64. The number of aliphatic hydroxyl groups is 1. The van der Waals surface area contributed by atoms with Gasteiger partial charge in [0.1, 0.15) is 0 Å². The van der Waals surface area contributed by atoms with Crippen LogP contribution in [0.15, 0.2) is 0 Å². The lowest BCUT2D eigenvalue weighted by atomic mass is 9.95. The van der Waals surface area contributed by atoms with Gasteiger partial charge in [-0.3, -0.25) is 4.79 Å². The highest BCUT2D eigenvalue weighted by Gasteiger charge is 2.22. The summed E-state index contributed by atoms with van der Waals surface area (Å²) in [5.41, 5.74) is 0. The van der Waals surface area contributed by atoms with Crippen molar-refractivity contribution in [2.75, 3.05) is 44.9 Å². The maximum absolute atomic E-state index is 11.9. The van der Waals surface area contributed by atoms with E-state index in [0.717, 1.165) is 38.1 Å². The number of rotatable bonds is 7. The fourth-order valence-corrected chi connectivity index (χ4v) is 2.89. The topological polar surface area (TPSA) is 49.8 Å². The van der Waals surface area contributed by atoms with Crippen molar-refractivity contribution in [1.29, 1.82) is 0 Å². The monoisotopic (exact) mass is 261 g/mol. The van der Waals surface area contributed by atoms with Crippen LogP contribution in [0.2, 0.25) is 0 Å². The third-order valence-corrected chi connectivity index (χ3v) is 3.97. The van der Waals surface area contributed by atoms with Gasteiger partial charge in [0.25, 0.3) is 0 Å². The molecular formula is C12H23NO3S. The molecule has 1 amide bonds. The van der Waals surface area contributed by atoms with Gasteiger partial charge in [0.05, 0.1) is 12.4 Å². The van der Waals surface area contributed by atoms with Gasteiger partial charge in [-0.1, -0.05) is 0 Å². The molecule has 1 N–H and O–H groups in total. The van der Waals surface area contributed by atoms with Gasteiger partial charge >= 0.3 is 0 Å². The zero-order valence-electron chi connectivity index (χ0n) is 10.6. The van der Waals surface area contributed by atoms with Crippen LogP contribution in [0.1, 0.15) is 19.3 Å². The SMILES string of the molecule is COCCSCC(=O)N1CCCC(CCO)C1. The Bertz CT molecular complexity index is 224. The minimum Gasteiger partial charge on any atom is -0.396 e. The molecule has 0 aromatic rings. The van der Waals surface area contributed by atoms with Crippen LogP contribution in [0.25, 0.3) is 0 Å². The van der Waals surface area contributed by atoms with Gasteiger partial charge in [0.15, 0.2) is 0 Å². The number of methoxy groups -OCH3 is 1. The molecule has 1 rings (SSSR count). The molecule has 1 fully saturated rings. The van der Waals surface area contributed by atoms with Gasteiger partial charge in [-0.2, -0.15) is 0 Å². The van der Waals surface area contributed by atoms with E-state index in [1.807, 2.05) is 4.90 Å². The first kappa shape index (κ1) is 14.8. The fraction of sp³-hybridized carbons (Fsp3) is 0.917. The second kappa shape index (κ2) is 8.78. The van der Waals surface area contributed by atoms with Crippen molar-refractivity contribution in [3.05, 3.63) is 0 Å². The van der Waals surface area contributed by atoms with Crippen molar-refractivity contribution in [1.82, 2.24) is 4.90 Å². The van der Waals surface area contributed by atoms with E-state index in [9.17, 15) is 4.79 Å². The summed E-state index contributed by atoms with van der Waals surface area (Å²) >= 11 is 1.63. The summed E-state index contributed by atoms with van der Waals surface area (Å²) < 4.78 is 4.94. The summed E-state index contributed by atoms with van der Waals surface area (Å²) in [6.07, 6.45) is 3.03. The summed E-state index contributed by atoms with van der Waals surface area (Å²) in [5, 5.41) is 8.92. The van der Waals surface area contributed by atoms with Gasteiger partial charge in [-0.25, -0.2) is 0 Å². The molecule has 0 spiro atoms. The Labute approximate surface area is 108 Å². The molecule has 1 unspecified atom stereocenters. The number of hydrogen-bond acceptors (Lipinski definition) is 4. The predicted molar refractivity (Wildman–Crippen MR) is 70.2 cm³/mol. The predicted octanol–water partition coefficient (Wildman–Crippen LogP) is 0.987. The Kier molecular flexibility index (Phi) is 7.64. The lowest BCUT2D eigenvalue weighted by Gasteiger charge is -2.32. The number of carbonyl (C=O) groups excluding carboxylic acids is 1. The minimum atomic E-state index is 0.230. The molecule has 1 heterocycles. The summed E-state index contributed by atoms with van der Waals surface area (Å²) in [4.78, 5) is 13.9. The van der Waals surface area contributed by atoms with E-state index < -0.39 is 0 Å². The number of nitrogens with zero attached hydrogens (tertiary/aromatic N) is 1. The van der Waals surface area contributed by atoms with Crippen molar-refractivity contribution < 1.29 is 14.6 Å². The van der Waals surface area contributed by atoms with E-state index >= 15 is 0 Å². The van der Waals surface area contributed by atoms with Crippen LogP contribution >= 0.6 is 11.8 Å². The first-order valence-corrected chi connectivity index (χ1v) is 7.38. The molecule has 0 bridgehead atoms. The smallest absolute Gasteiger partial charge is 0.232 e. The zero-order valence-corrected chi connectivity index (χ0v) is 11.4. The lowest BCUT2D eigenvalue weighted by molar-refractivity contribution is -0.130. The summed E-state index contributed by atoms with van der Waals surface area (Å²) in [6, 6.07) is 0. The third-order valence-electron chi connectivity index (χ3n) is 3.07. The average Bonchev–Trinajstić information content (AvgIpc) is 2.35. The second-order valence-corrected chi connectivity index (χ2v) is 5.51. The van der Waals surface area contributed by atoms with Crippen molar-refractivity contribution in [3.8, 4) is 0 Å². The van der Waals surface area contributed by atoms with E-state index in [1.165, 1.54) is 0 Å². The largest absolute Gasteiger partial charge is 0.396 e. The Morgan fingerprint density at radius 3 is 3.12 bits per heavy atom. The Balaban J connectivity index is 2.21. The molecule has 0 saturated carbocycles. The maximum Gasteiger partial charge on any atom is 0.232 e. The number of amides is 1. The van der Waals surface area contributed by atoms with Crippen LogP contribution < -0.4 is 0 Å². The van der Waals surface area contributed by atoms with E-state index in [4.69, 9.17) is 9.84 Å². The Morgan fingerprint density at radius 1 is 1.59 bits per heavy atom. The quantitative estimate of drug-likeness (QED) is 0.694. The number of ether oxygens (including phenoxy) is 1. The normalized spacial score (nSPS) is 20.6. The van der Waals surface area contributed by atoms with Crippen LogP contribution in [0.5, 0.6) is 0 Å². The number of aliphatic hydroxyl groups excluding tert-OH is 1. The number of carbonyl (C=O) groups is 1. The van der Waals surface area contributed by atoms with E-state index in [2.05, 4.69) is 0 Å². The molecular weight excluding hydrogens is 238 g/mol. The fourth-order valence-electron chi connectivity index (χ4n) is 2.10. The molecule has 0 radical (unpaired) electrons. The van der Waals surface area contributed by atoms with Crippen molar-refractivity contribution >= 4 is 17.7 Å². The molecule has 0 aliphatic carbocycles. The maximum atomic E-state index is 11.9. The van der Waals surface area contributed by atoms with E-state index in [-0.39, 0.29) is 12.5 Å². The number of piperidine rings is 1. The molecule has 4 nitrogen and oxygen atoms in total. The molecule has 1 atom stereocenters. The van der Waals surface area contributed by atoms with Crippen molar-refractivity contribution in [3.63, 3.8) is 0 Å². The molecule has 1 saturated heterocycles.